The summed E-state index contributed by atoms with van der Waals surface area (Å²) < 4.78 is 11.1. The van der Waals surface area contributed by atoms with E-state index in [-0.39, 0.29) is 42.8 Å². The third kappa shape index (κ3) is 6.58. The number of unbranched alkanes of at least 4 members (excludes halogenated alkanes) is 1. The van der Waals surface area contributed by atoms with Crippen molar-refractivity contribution in [3.05, 3.63) is 61.8 Å². The number of imidazole rings is 1. The molecule has 0 N–H and O–H groups in total. The van der Waals surface area contributed by atoms with Gasteiger partial charge in [0.15, 0.2) is 5.78 Å². The molecule has 192 valence electrons. The molecular formula is C23H25N3O10. The minimum Gasteiger partial charge on any atom is -0.466 e. The molecule has 0 aliphatic heterocycles. The highest BCUT2D eigenvalue weighted by Crippen LogP contribution is 2.18. The summed E-state index contributed by atoms with van der Waals surface area (Å²) in [6.07, 6.45) is 0.468. The molecule has 0 bridgehead atoms. The minimum absolute atomic E-state index is 0.0461. The molecule has 0 fully saturated rings. The Kier molecular flexibility index (Phi) is 9.53. The standard InChI is InChI=1S/C23H25N3O10/c1-4-35-20(30)8-6-5-7-19(29)21-18(24(14(2)27)23(32)25(21)15(3)28)13-36-22(31)16-9-11-17(12-10-16)26(33)34/h9-12H,4-8,13H2,1-3H3. The summed E-state index contributed by atoms with van der Waals surface area (Å²) in [6, 6.07) is 4.52. The van der Waals surface area contributed by atoms with Crippen LogP contribution in [0.4, 0.5) is 5.69 Å². The van der Waals surface area contributed by atoms with Gasteiger partial charge >= 0.3 is 17.6 Å². The zero-order valence-corrected chi connectivity index (χ0v) is 20.0. The molecule has 0 radical (unpaired) electrons. The maximum Gasteiger partial charge on any atom is 0.342 e. The zero-order valence-electron chi connectivity index (χ0n) is 20.0. The SMILES string of the molecule is CCOC(=O)CCCCC(=O)c1c(COC(=O)c2ccc([N+](=O)[O-])cc2)n(C(C)=O)c(=O)n1C(C)=O. The largest absolute Gasteiger partial charge is 0.466 e. The van der Waals surface area contributed by atoms with Crippen LogP contribution in [0.1, 0.15) is 82.6 Å². The van der Waals surface area contributed by atoms with Crippen LogP contribution in [-0.2, 0) is 20.9 Å². The fourth-order valence-corrected chi connectivity index (χ4v) is 3.42. The summed E-state index contributed by atoms with van der Waals surface area (Å²) >= 11 is 0. The second-order valence-electron chi connectivity index (χ2n) is 7.60. The number of ether oxygens (including phenoxy) is 2. The highest BCUT2D eigenvalue weighted by Gasteiger charge is 2.29. The minimum atomic E-state index is -1.08. The van der Waals surface area contributed by atoms with Crippen molar-refractivity contribution < 1.29 is 38.4 Å². The first-order chi connectivity index (χ1) is 17.0. The van der Waals surface area contributed by atoms with Crippen molar-refractivity contribution >= 4 is 35.2 Å². The number of hydrogen-bond donors (Lipinski definition) is 0. The quantitative estimate of drug-likeness (QED) is 0.146. The molecule has 0 saturated heterocycles. The second kappa shape index (κ2) is 12.3. The van der Waals surface area contributed by atoms with Gasteiger partial charge < -0.3 is 9.47 Å². The summed E-state index contributed by atoms with van der Waals surface area (Å²) in [4.78, 5) is 84.2. The summed E-state index contributed by atoms with van der Waals surface area (Å²) in [5.41, 5.74) is -2.04. The number of nitrogens with zero attached hydrogens (tertiary/aromatic N) is 3. The van der Waals surface area contributed by atoms with E-state index in [2.05, 4.69) is 0 Å². The van der Waals surface area contributed by atoms with E-state index in [0.717, 1.165) is 38.1 Å². The van der Waals surface area contributed by atoms with Gasteiger partial charge in [0.2, 0.25) is 11.8 Å². The van der Waals surface area contributed by atoms with E-state index in [4.69, 9.17) is 9.47 Å². The smallest absolute Gasteiger partial charge is 0.342 e. The lowest BCUT2D eigenvalue weighted by Crippen LogP contribution is -2.31. The van der Waals surface area contributed by atoms with Gasteiger partial charge in [-0.1, -0.05) is 0 Å². The van der Waals surface area contributed by atoms with E-state index >= 15 is 0 Å². The first-order valence-corrected chi connectivity index (χ1v) is 11.0. The molecule has 36 heavy (non-hydrogen) atoms. The topological polar surface area (TPSA) is 174 Å². The van der Waals surface area contributed by atoms with E-state index in [1.54, 1.807) is 6.92 Å². The highest BCUT2D eigenvalue weighted by molar-refractivity contribution is 6.00. The summed E-state index contributed by atoms with van der Waals surface area (Å²) in [6.45, 7) is 3.27. The van der Waals surface area contributed by atoms with Crippen molar-refractivity contribution in [1.29, 1.82) is 0 Å². The van der Waals surface area contributed by atoms with Crippen LogP contribution < -0.4 is 5.69 Å². The van der Waals surface area contributed by atoms with Crippen LogP contribution in [0.15, 0.2) is 29.1 Å². The molecule has 0 unspecified atom stereocenters. The van der Waals surface area contributed by atoms with Gasteiger partial charge in [0.1, 0.15) is 12.3 Å². The number of nitro groups is 1. The lowest BCUT2D eigenvalue weighted by Gasteiger charge is -2.09. The molecule has 13 heteroatoms. The Labute approximate surface area is 204 Å². The molecule has 1 aromatic heterocycles. The molecule has 2 aromatic rings. The van der Waals surface area contributed by atoms with Gasteiger partial charge in [0, 0.05) is 38.8 Å². The van der Waals surface area contributed by atoms with Crippen molar-refractivity contribution in [3.8, 4) is 0 Å². The van der Waals surface area contributed by atoms with Gasteiger partial charge in [-0.3, -0.25) is 29.3 Å². The van der Waals surface area contributed by atoms with Crippen LogP contribution in [0, 0.1) is 10.1 Å². The molecule has 0 saturated carbocycles. The maximum absolute atomic E-state index is 13.0. The molecule has 0 aliphatic rings. The van der Waals surface area contributed by atoms with Gasteiger partial charge in [-0.2, -0.15) is 0 Å². The number of benzene rings is 1. The van der Waals surface area contributed by atoms with Gasteiger partial charge in [-0.15, -0.1) is 0 Å². The fourth-order valence-electron chi connectivity index (χ4n) is 3.42. The van der Waals surface area contributed by atoms with Crippen LogP contribution in [0.3, 0.4) is 0 Å². The number of hydrogen-bond acceptors (Lipinski definition) is 10. The number of rotatable bonds is 11. The Morgan fingerprint density at radius 3 is 2.03 bits per heavy atom. The van der Waals surface area contributed by atoms with Crippen molar-refractivity contribution in [1.82, 2.24) is 9.13 Å². The van der Waals surface area contributed by atoms with Crippen LogP contribution in [0.5, 0.6) is 0 Å². The number of esters is 2. The fraction of sp³-hybridized carbons (Fsp3) is 0.391. The van der Waals surface area contributed by atoms with E-state index in [1.807, 2.05) is 0 Å². The van der Waals surface area contributed by atoms with Crippen LogP contribution in [0.25, 0.3) is 0 Å². The molecule has 13 nitrogen and oxygen atoms in total. The van der Waals surface area contributed by atoms with Crippen LogP contribution in [0.2, 0.25) is 0 Å². The Bertz CT molecular complexity index is 1250. The first-order valence-electron chi connectivity index (χ1n) is 11.0. The molecule has 1 aromatic carbocycles. The van der Waals surface area contributed by atoms with Crippen molar-refractivity contribution in [2.45, 2.75) is 53.1 Å². The summed E-state index contributed by atoms with van der Waals surface area (Å²) in [5.74, 6) is -3.65. The average Bonchev–Trinajstić information content (AvgIpc) is 3.12. The number of nitro benzene ring substituents is 1. The van der Waals surface area contributed by atoms with Crippen molar-refractivity contribution in [2.24, 2.45) is 0 Å². The van der Waals surface area contributed by atoms with Gasteiger partial charge in [0.05, 0.1) is 22.8 Å². The number of carbonyl (C=O) groups excluding carboxylic acids is 5. The molecule has 0 spiro atoms. The van der Waals surface area contributed by atoms with Gasteiger partial charge in [-0.25, -0.2) is 18.7 Å². The third-order valence-corrected chi connectivity index (χ3v) is 5.04. The second-order valence-corrected chi connectivity index (χ2v) is 7.60. The Balaban J connectivity index is 2.32. The number of aromatic nitrogens is 2. The van der Waals surface area contributed by atoms with Gasteiger partial charge in [0.25, 0.3) is 5.69 Å². The molecular weight excluding hydrogens is 478 g/mol. The Hall–Kier alpha value is -4.42. The Morgan fingerprint density at radius 1 is 0.917 bits per heavy atom. The lowest BCUT2D eigenvalue weighted by atomic mass is 10.1. The summed E-state index contributed by atoms with van der Waals surface area (Å²) in [5, 5.41) is 10.8. The third-order valence-electron chi connectivity index (χ3n) is 5.04. The first kappa shape index (κ1) is 27.8. The van der Waals surface area contributed by atoms with E-state index in [9.17, 15) is 38.9 Å². The Morgan fingerprint density at radius 2 is 1.50 bits per heavy atom. The molecule has 1 heterocycles. The van der Waals surface area contributed by atoms with Crippen molar-refractivity contribution in [3.63, 3.8) is 0 Å². The molecule has 0 amide bonds. The normalized spacial score (nSPS) is 10.5. The zero-order chi connectivity index (χ0) is 27.0. The molecule has 0 atom stereocenters. The maximum atomic E-state index is 13.0. The van der Waals surface area contributed by atoms with E-state index in [0.29, 0.717) is 15.6 Å². The number of carbonyl (C=O) groups is 5. The number of Topliss-reactive ketones (excluding diaryl/α,β-unsaturated/α-hetero) is 1. The van der Waals surface area contributed by atoms with Crippen molar-refractivity contribution in [2.75, 3.05) is 6.61 Å². The number of ketones is 1. The monoisotopic (exact) mass is 503 g/mol. The van der Waals surface area contributed by atoms with E-state index in [1.165, 1.54) is 0 Å². The number of non-ortho nitro benzene ring substituents is 1. The summed E-state index contributed by atoms with van der Waals surface area (Å²) in [7, 11) is 0. The van der Waals surface area contributed by atoms with E-state index < -0.39 is 52.5 Å². The lowest BCUT2D eigenvalue weighted by molar-refractivity contribution is -0.384. The predicted molar refractivity (Wildman–Crippen MR) is 123 cm³/mol. The highest BCUT2D eigenvalue weighted by atomic mass is 16.6. The predicted octanol–water partition coefficient (Wildman–Crippen LogP) is 2.54. The van der Waals surface area contributed by atoms with Gasteiger partial charge in [-0.05, 0) is 31.9 Å². The average molecular weight is 503 g/mol. The molecule has 0 aliphatic carbocycles. The van der Waals surface area contributed by atoms with Crippen LogP contribution >= 0.6 is 0 Å². The molecule has 2 rings (SSSR count). The van der Waals surface area contributed by atoms with Crippen LogP contribution in [-0.4, -0.2) is 50.2 Å².